The van der Waals surface area contributed by atoms with Gasteiger partial charge in [0.2, 0.25) is 11.6 Å². The number of benzene rings is 1. The lowest BCUT2D eigenvalue weighted by molar-refractivity contribution is 0.284. The molecule has 7 heteroatoms. The topological polar surface area (TPSA) is 66.7 Å². The van der Waals surface area contributed by atoms with Gasteiger partial charge in [0.1, 0.15) is 18.7 Å². The summed E-state index contributed by atoms with van der Waals surface area (Å²) in [4.78, 5) is 14.8. The van der Waals surface area contributed by atoms with Crippen molar-refractivity contribution in [1.82, 2.24) is 15.3 Å². The van der Waals surface area contributed by atoms with Crippen LogP contribution in [0.2, 0.25) is 0 Å². The van der Waals surface area contributed by atoms with E-state index >= 15 is 0 Å². The first-order valence-corrected chi connectivity index (χ1v) is 9.46. The fraction of sp³-hybridized carbons (Fsp3) is 0.450. The predicted octanol–water partition coefficient (Wildman–Crippen LogP) is 2.81. The zero-order chi connectivity index (χ0) is 18.6. The van der Waals surface area contributed by atoms with Crippen LogP contribution in [0.1, 0.15) is 24.0 Å². The largest absolute Gasteiger partial charge is 0.491 e. The van der Waals surface area contributed by atoms with Crippen LogP contribution in [0.25, 0.3) is 4.85 Å². The Bertz CT molecular complexity index is 862. The molecule has 2 aliphatic heterocycles. The van der Waals surface area contributed by atoms with Crippen molar-refractivity contribution >= 4 is 17.3 Å². The number of rotatable bonds is 5. The van der Waals surface area contributed by atoms with E-state index < -0.39 is 0 Å². The Hall–Kier alpha value is -2.85. The maximum atomic E-state index is 6.27. The minimum atomic E-state index is 0.234. The molecule has 0 aliphatic carbocycles. The van der Waals surface area contributed by atoms with E-state index in [0.29, 0.717) is 18.1 Å². The average Bonchev–Trinajstić information content (AvgIpc) is 3.19. The van der Waals surface area contributed by atoms with Gasteiger partial charge in [-0.1, -0.05) is 12.1 Å². The summed E-state index contributed by atoms with van der Waals surface area (Å²) in [7, 11) is 1.80. The number of ether oxygens (including phenoxy) is 1. The fourth-order valence-electron chi connectivity index (χ4n) is 3.97. The monoisotopic (exact) mass is 365 g/mol. The van der Waals surface area contributed by atoms with Crippen molar-refractivity contribution in [3.63, 3.8) is 0 Å². The highest BCUT2D eigenvalue weighted by Gasteiger charge is 2.33. The lowest BCUT2D eigenvalue weighted by atomic mass is 10.0. The van der Waals surface area contributed by atoms with Gasteiger partial charge in [0.15, 0.2) is 0 Å². The standard InChI is InChI=1S/C20H25N6O/c1-21-18-19(22-2)24-13-25-20(18)26-10-4-6-15(26)12-27-17-7-3-5-14-8-9-23-11-16(14)17/h1,3,5,7,13,15,23H,4,6,8-12H2,2H3,(H,22,24,25)/q+1. The predicted molar refractivity (Wildman–Crippen MR) is 107 cm³/mol. The Balaban J connectivity index is 1.53. The van der Waals surface area contributed by atoms with Crippen LogP contribution in [0, 0.1) is 6.57 Å². The molecule has 7 nitrogen and oxygen atoms in total. The Morgan fingerprint density at radius 3 is 3.19 bits per heavy atom. The van der Waals surface area contributed by atoms with Gasteiger partial charge in [0.25, 0.3) is 6.57 Å². The molecular formula is C20H25N6O+. The lowest BCUT2D eigenvalue weighted by Gasteiger charge is -2.26. The second-order valence-corrected chi connectivity index (χ2v) is 6.89. The zero-order valence-corrected chi connectivity index (χ0v) is 15.6. The summed E-state index contributed by atoms with van der Waals surface area (Å²) in [5.74, 6) is 2.38. The number of aromatic nitrogens is 2. The SMILES string of the molecule is C#[N+]c1c(NC)ncnc1N1CCCC1COc1cccc2c1CNCC2. The second-order valence-electron chi connectivity index (χ2n) is 6.89. The molecule has 0 spiro atoms. The Labute approximate surface area is 159 Å². The van der Waals surface area contributed by atoms with E-state index in [-0.39, 0.29) is 6.04 Å². The van der Waals surface area contributed by atoms with Crippen molar-refractivity contribution in [3.05, 3.63) is 40.5 Å². The normalized spacial score (nSPS) is 18.7. The fourth-order valence-corrected chi connectivity index (χ4v) is 3.97. The highest BCUT2D eigenvalue weighted by molar-refractivity contribution is 5.79. The quantitative estimate of drug-likeness (QED) is 0.849. The number of hydrogen-bond acceptors (Lipinski definition) is 6. The van der Waals surface area contributed by atoms with Crippen molar-refractivity contribution in [2.75, 3.05) is 37.0 Å². The molecule has 1 aromatic heterocycles. The molecule has 27 heavy (non-hydrogen) atoms. The molecule has 1 unspecified atom stereocenters. The van der Waals surface area contributed by atoms with E-state index in [1.807, 2.05) is 0 Å². The van der Waals surface area contributed by atoms with Crippen LogP contribution in [-0.4, -0.2) is 42.8 Å². The molecule has 0 amide bonds. The minimum absolute atomic E-state index is 0.234. The van der Waals surface area contributed by atoms with Crippen LogP contribution in [0.3, 0.4) is 0 Å². The van der Waals surface area contributed by atoms with Gasteiger partial charge in [0.05, 0.1) is 6.04 Å². The molecule has 0 bridgehead atoms. The molecule has 2 aliphatic rings. The summed E-state index contributed by atoms with van der Waals surface area (Å²) in [5.41, 5.74) is 3.26. The van der Waals surface area contributed by atoms with Crippen molar-refractivity contribution in [2.45, 2.75) is 31.8 Å². The van der Waals surface area contributed by atoms with Crippen LogP contribution < -0.4 is 20.3 Å². The molecule has 4 rings (SSSR count). The molecule has 3 heterocycles. The molecule has 0 saturated carbocycles. The third kappa shape index (κ3) is 3.40. The number of nitrogens with one attached hydrogen (secondary N) is 2. The third-order valence-electron chi connectivity index (χ3n) is 5.35. The maximum Gasteiger partial charge on any atom is 0.423 e. The lowest BCUT2D eigenvalue weighted by Crippen LogP contribution is -2.35. The van der Waals surface area contributed by atoms with E-state index in [1.54, 1.807) is 13.4 Å². The van der Waals surface area contributed by atoms with Crippen LogP contribution in [-0.2, 0) is 13.0 Å². The first-order valence-electron chi connectivity index (χ1n) is 9.46. The molecule has 2 aromatic rings. The highest BCUT2D eigenvalue weighted by Crippen LogP contribution is 2.36. The highest BCUT2D eigenvalue weighted by atomic mass is 16.5. The average molecular weight is 365 g/mol. The number of nitrogens with zero attached hydrogens (tertiary/aromatic N) is 4. The summed E-state index contributed by atoms with van der Waals surface area (Å²) in [5, 5.41) is 6.46. The minimum Gasteiger partial charge on any atom is -0.491 e. The van der Waals surface area contributed by atoms with Crippen LogP contribution >= 0.6 is 0 Å². The molecule has 140 valence electrons. The van der Waals surface area contributed by atoms with E-state index in [0.717, 1.165) is 50.5 Å². The molecular weight excluding hydrogens is 340 g/mol. The Kier molecular flexibility index (Phi) is 5.07. The van der Waals surface area contributed by atoms with Gasteiger partial charge >= 0.3 is 5.69 Å². The summed E-state index contributed by atoms with van der Waals surface area (Å²) in [6.07, 6.45) is 4.74. The smallest absolute Gasteiger partial charge is 0.423 e. The Morgan fingerprint density at radius 2 is 2.33 bits per heavy atom. The zero-order valence-electron chi connectivity index (χ0n) is 15.6. The molecule has 0 radical (unpaired) electrons. The first kappa shape index (κ1) is 17.6. The van der Waals surface area contributed by atoms with Gasteiger partial charge in [-0.15, -0.1) is 0 Å². The second kappa shape index (κ2) is 7.80. The van der Waals surface area contributed by atoms with Gasteiger partial charge in [-0.3, -0.25) is 0 Å². The number of hydrogen-bond donors (Lipinski definition) is 2. The summed E-state index contributed by atoms with van der Waals surface area (Å²) in [6, 6.07) is 6.58. The van der Waals surface area contributed by atoms with Gasteiger partial charge in [-0.05, 0) is 42.3 Å². The van der Waals surface area contributed by atoms with Gasteiger partial charge in [-0.2, -0.15) is 0 Å². The van der Waals surface area contributed by atoms with Gasteiger partial charge < -0.3 is 20.3 Å². The molecule has 1 fully saturated rings. The van der Waals surface area contributed by atoms with Crippen LogP contribution in [0.4, 0.5) is 17.3 Å². The van der Waals surface area contributed by atoms with Crippen molar-refractivity contribution < 1.29 is 4.74 Å². The molecule has 1 atom stereocenters. The van der Waals surface area contributed by atoms with Gasteiger partial charge in [-0.25, -0.2) is 9.97 Å². The van der Waals surface area contributed by atoms with Crippen LogP contribution in [0.15, 0.2) is 24.5 Å². The summed E-state index contributed by atoms with van der Waals surface area (Å²) >= 11 is 0. The van der Waals surface area contributed by atoms with Crippen molar-refractivity contribution in [1.29, 1.82) is 0 Å². The maximum absolute atomic E-state index is 6.27. The van der Waals surface area contributed by atoms with Crippen molar-refractivity contribution in [2.24, 2.45) is 0 Å². The number of anilines is 2. The summed E-state index contributed by atoms with van der Waals surface area (Å²) < 4.78 is 6.27. The molecule has 1 aromatic carbocycles. The number of fused-ring (bicyclic) bond motifs is 1. The van der Waals surface area contributed by atoms with E-state index in [2.05, 4.69) is 48.5 Å². The third-order valence-corrected chi connectivity index (χ3v) is 5.35. The van der Waals surface area contributed by atoms with E-state index in [1.165, 1.54) is 11.1 Å². The van der Waals surface area contributed by atoms with E-state index in [9.17, 15) is 0 Å². The van der Waals surface area contributed by atoms with Crippen LogP contribution in [0.5, 0.6) is 5.75 Å². The van der Waals surface area contributed by atoms with Gasteiger partial charge in [0, 0.05) is 25.7 Å². The summed E-state index contributed by atoms with van der Waals surface area (Å²) in [6.45, 7) is 9.04. The Morgan fingerprint density at radius 1 is 1.41 bits per heavy atom. The first-order chi connectivity index (χ1) is 13.3. The molecule has 1 saturated heterocycles. The van der Waals surface area contributed by atoms with E-state index in [4.69, 9.17) is 11.3 Å². The molecule has 2 N–H and O–H groups in total. The van der Waals surface area contributed by atoms with Crippen molar-refractivity contribution in [3.8, 4) is 12.3 Å².